The molecule has 0 aliphatic carbocycles. The summed E-state index contributed by atoms with van der Waals surface area (Å²) in [6.45, 7) is 7.64. The van der Waals surface area contributed by atoms with E-state index in [0.717, 1.165) is 16.4 Å². The number of ether oxygens (including phenoxy) is 1. The Balaban J connectivity index is 2.37. The third-order valence-corrected chi connectivity index (χ3v) is 6.30. The zero-order valence-electron chi connectivity index (χ0n) is 17.1. The van der Waals surface area contributed by atoms with Crippen LogP contribution in [-0.2, 0) is 14.8 Å². The van der Waals surface area contributed by atoms with Crippen molar-refractivity contribution in [3.63, 3.8) is 0 Å². The van der Waals surface area contributed by atoms with Gasteiger partial charge in [-0.3, -0.25) is 9.10 Å². The molecular weight excluding hydrogens is 395 g/mol. The molecule has 0 saturated heterocycles. The van der Waals surface area contributed by atoms with Gasteiger partial charge in [0, 0.05) is 6.04 Å². The van der Waals surface area contributed by atoms with Crippen molar-refractivity contribution in [2.75, 3.05) is 17.5 Å². The lowest BCUT2D eigenvalue weighted by Crippen LogP contribution is -2.45. The van der Waals surface area contributed by atoms with Crippen molar-refractivity contribution >= 4 is 21.6 Å². The minimum Gasteiger partial charge on any atom is -0.494 e. The smallest absolute Gasteiger partial charge is 0.264 e. The Morgan fingerprint density at radius 3 is 2.17 bits per heavy atom. The van der Waals surface area contributed by atoms with Gasteiger partial charge in [0.2, 0.25) is 5.91 Å². The predicted molar refractivity (Wildman–Crippen MR) is 111 cm³/mol. The molecule has 158 valence electrons. The normalized spacial score (nSPS) is 12.5. The zero-order valence-corrected chi connectivity index (χ0v) is 17.9. The summed E-state index contributed by atoms with van der Waals surface area (Å²) in [5.74, 6) is -0.195. The van der Waals surface area contributed by atoms with E-state index in [1.165, 1.54) is 24.3 Å². The molecule has 0 aromatic heterocycles. The molecule has 29 heavy (non-hydrogen) atoms. The average Bonchev–Trinajstić information content (AvgIpc) is 2.67. The fourth-order valence-electron chi connectivity index (χ4n) is 2.52. The molecule has 2 aromatic carbocycles. The van der Waals surface area contributed by atoms with E-state index in [0.29, 0.717) is 12.4 Å². The van der Waals surface area contributed by atoms with Gasteiger partial charge < -0.3 is 10.1 Å². The SMILES string of the molecule is CCOc1ccc(S(=O)(=O)N(CC(=O)N[C@@H](C)C(C)C)c2ccc(F)cc2)cc1. The number of hydrogen-bond donors (Lipinski definition) is 1. The predicted octanol–water partition coefficient (Wildman–Crippen LogP) is 3.58. The molecule has 0 unspecified atom stereocenters. The maximum Gasteiger partial charge on any atom is 0.264 e. The Kier molecular flexibility index (Phi) is 7.61. The number of hydrogen-bond acceptors (Lipinski definition) is 4. The third kappa shape index (κ3) is 5.93. The highest BCUT2D eigenvalue weighted by Gasteiger charge is 2.28. The standard InChI is InChI=1S/C21H27FN2O4S/c1-5-28-19-10-12-20(13-11-19)29(26,27)24(18-8-6-17(22)7-9-18)14-21(25)23-16(4)15(2)3/h6-13,15-16H,5,14H2,1-4H3,(H,23,25)/t16-/m0/s1. The molecule has 0 heterocycles. The minimum atomic E-state index is -4.06. The number of halogens is 1. The van der Waals surface area contributed by atoms with Gasteiger partial charge in [0.15, 0.2) is 0 Å². The Morgan fingerprint density at radius 2 is 1.66 bits per heavy atom. The van der Waals surface area contributed by atoms with Crippen LogP contribution < -0.4 is 14.4 Å². The summed E-state index contributed by atoms with van der Waals surface area (Å²) in [6.07, 6.45) is 0. The number of nitrogens with one attached hydrogen (secondary N) is 1. The summed E-state index contributed by atoms with van der Waals surface area (Å²) in [7, 11) is -4.06. The Hall–Kier alpha value is -2.61. The zero-order chi connectivity index (χ0) is 21.6. The fraction of sp³-hybridized carbons (Fsp3) is 0.381. The molecule has 0 bridgehead atoms. The number of carbonyl (C=O) groups is 1. The van der Waals surface area contributed by atoms with Gasteiger partial charge in [-0.25, -0.2) is 12.8 Å². The first-order valence-electron chi connectivity index (χ1n) is 9.45. The Bertz CT molecular complexity index is 913. The number of rotatable bonds is 9. The maximum absolute atomic E-state index is 13.3. The second kappa shape index (κ2) is 9.73. The van der Waals surface area contributed by atoms with E-state index in [-0.39, 0.29) is 22.5 Å². The molecule has 0 aliphatic rings. The van der Waals surface area contributed by atoms with Crippen LogP contribution in [0, 0.1) is 11.7 Å². The van der Waals surface area contributed by atoms with E-state index in [9.17, 15) is 17.6 Å². The summed E-state index contributed by atoms with van der Waals surface area (Å²) in [6, 6.07) is 10.8. The molecule has 2 rings (SSSR count). The number of carbonyl (C=O) groups excluding carboxylic acids is 1. The first-order chi connectivity index (χ1) is 13.6. The monoisotopic (exact) mass is 422 g/mol. The third-order valence-electron chi connectivity index (χ3n) is 4.51. The number of benzene rings is 2. The van der Waals surface area contributed by atoms with Crippen molar-refractivity contribution in [1.29, 1.82) is 0 Å². The fourth-order valence-corrected chi connectivity index (χ4v) is 3.94. The Morgan fingerprint density at radius 1 is 1.07 bits per heavy atom. The maximum atomic E-state index is 13.3. The molecule has 1 atom stereocenters. The van der Waals surface area contributed by atoms with E-state index < -0.39 is 28.3 Å². The first kappa shape index (κ1) is 22.7. The molecule has 6 nitrogen and oxygen atoms in total. The quantitative estimate of drug-likeness (QED) is 0.670. The molecule has 0 aliphatic heterocycles. The van der Waals surface area contributed by atoms with Gasteiger partial charge in [-0.2, -0.15) is 0 Å². The van der Waals surface area contributed by atoms with E-state index in [1.54, 1.807) is 12.1 Å². The second-order valence-electron chi connectivity index (χ2n) is 6.99. The summed E-state index contributed by atoms with van der Waals surface area (Å²) < 4.78 is 46.2. The van der Waals surface area contributed by atoms with E-state index in [4.69, 9.17) is 4.74 Å². The molecule has 1 N–H and O–H groups in total. The van der Waals surface area contributed by atoms with Crippen LogP contribution in [0.15, 0.2) is 53.4 Å². The van der Waals surface area contributed by atoms with Crippen LogP contribution in [0.4, 0.5) is 10.1 Å². The number of nitrogens with zero attached hydrogens (tertiary/aromatic N) is 1. The van der Waals surface area contributed by atoms with E-state index >= 15 is 0 Å². The Labute approximate surface area is 171 Å². The molecule has 0 spiro atoms. The van der Waals surface area contributed by atoms with Gasteiger partial charge in [-0.05, 0) is 68.3 Å². The average molecular weight is 423 g/mol. The first-order valence-corrected chi connectivity index (χ1v) is 10.9. The van der Waals surface area contributed by atoms with Crippen LogP contribution in [0.1, 0.15) is 27.7 Å². The van der Waals surface area contributed by atoms with Crippen LogP contribution in [0.3, 0.4) is 0 Å². The highest BCUT2D eigenvalue weighted by atomic mass is 32.2. The van der Waals surface area contributed by atoms with Crippen LogP contribution in [0.25, 0.3) is 0 Å². The number of sulfonamides is 1. The van der Waals surface area contributed by atoms with Crippen LogP contribution >= 0.6 is 0 Å². The molecule has 0 saturated carbocycles. The highest BCUT2D eigenvalue weighted by molar-refractivity contribution is 7.92. The molecule has 1 amide bonds. The van der Waals surface area contributed by atoms with Crippen LogP contribution in [0.5, 0.6) is 5.75 Å². The molecule has 8 heteroatoms. The van der Waals surface area contributed by atoms with Gasteiger partial charge in [0.05, 0.1) is 17.2 Å². The van der Waals surface area contributed by atoms with Gasteiger partial charge in [0.25, 0.3) is 10.0 Å². The van der Waals surface area contributed by atoms with Crippen LogP contribution in [0.2, 0.25) is 0 Å². The van der Waals surface area contributed by atoms with Crippen molar-refractivity contribution in [3.8, 4) is 5.75 Å². The highest BCUT2D eigenvalue weighted by Crippen LogP contribution is 2.25. The van der Waals surface area contributed by atoms with Crippen molar-refractivity contribution in [1.82, 2.24) is 5.32 Å². The second-order valence-corrected chi connectivity index (χ2v) is 8.86. The largest absolute Gasteiger partial charge is 0.494 e. The summed E-state index contributed by atoms with van der Waals surface area (Å²) in [4.78, 5) is 12.5. The lowest BCUT2D eigenvalue weighted by atomic mass is 10.1. The minimum absolute atomic E-state index is 0.00925. The summed E-state index contributed by atoms with van der Waals surface area (Å²) in [5.41, 5.74) is 0.202. The molecule has 2 aromatic rings. The lowest BCUT2D eigenvalue weighted by Gasteiger charge is -2.26. The topological polar surface area (TPSA) is 75.7 Å². The molecule has 0 radical (unpaired) electrons. The van der Waals surface area contributed by atoms with E-state index in [2.05, 4.69) is 5.32 Å². The summed E-state index contributed by atoms with van der Waals surface area (Å²) >= 11 is 0. The van der Waals surface area contributed by atoms with Gasteiger partial charge in [-0.1, -0.05) is 13.8 Å². The summed E-state index contributed by atoms with van der Waals surface area (Å²) in [5, 5.41) is 2.80. The molecule has 0 fully saturated rings. The van der Waals surface area contributed by atoms with Gasteiger partial charge >= 0.3 is 0 Å². The number of amides is 1. The van der Waals surface area contributed by atoms with Crippen molar-refractivity contribution in [2.24, 2.45) is 5.92 Å². The molecular formula is C21H27FN2O4S. The van der Waals surface area contributed by atoms with Crippen molar-refractivity contribution in [2.45, 2.75) is 38.6 Å². The number of anilines is 1. The van der Waals surface area contributed by atoms with E-state index in [1.807, 2.05) is 27.7 Å². The van der Waals surface area contributed by atoms with Crippen molar-refractivity contribution < 1.29 is 22.3 Å². The van der Waals surface area contributed by atoms with Gasteiger partial charge in [0.1, 0.15) is 18.1 Å². The lowest BCUT2D eigenvalue weighted by molar-refractivity contribution is -0.120. The van der Waals surface area contributed by atoms with Gasteiger partial charge in [-0.15, -0.1) is 0 Å². The van der Waals surface area contributed by atoms with Crippen molar-refractivity contribution in [3.05, 3.63) is 54.3 Å². The van der Waals surface area contributed by atoms with Crippen LogP contribution in [-0.4, -0.2) is 33.5 Å².